The average Bonchev–Trinajstić information content (AvgIpc) is 2.43. The molecule has 0 bridgehead atoms. The van der Waals surface area contributed by atoms with Gasteiger partial charge in [-0.05, 0) is 12.8 Å². The molecule has 0 saturated heterocycles. The van der Waals surface area contributed by atoms with E-state index in [9.17, 15) is 13.2 Å². The number of unbranched alkanes of at least 4 members (excludes halogenated alkanes) is 8. The van der Waals surface area contributed by atoms with E-state index >= 15 is 0 Å². The molecule has 0 aromatic rings. The molecular formula is C15H30O5S. The van der Waals surface area contributed by atoms with Crippen LogP contribution in [0.1, 0.15) is 84.5 Å². The van der Waals surface area contributed by atoms with Gasteiger partial charge in [0.1, 0.15) is 0 Å². The molecule has 0 rings (SSSR count). The van der Waals surface area contributed by atoms with Gasteiger partial charge in [-0.1, -0.05) is 69.5 Å². The van der Waals surface area contributed by atoms with Crippen molar-refractivity contribution < 1.29 is 22.4 Å². The molecule has 0 fully saturated rings. The zero-order chi connectivity index (χ0) is 16.0. The van der Waals surface area contributed by atoms with Gasteiger partial charge in [-0.25, -0.2) is 4.79 Å². The van der Waals surface area contributed by atoms with Crippen molar-refractivity contribution in [3.8, 4) is 0 Å². The van der Waals surface area contributed by atoms with E-state index in [2.05, 4.69) is 16.1 Å². The summed E-state index contributed by atoms with van der Waals surface area (Å²) in [5.41, 5.74) is 0. The molecule has 0 saturated carbocycles. The van der Waals surface area contributed by atoms with Crippen LogP contribution in [0.5, 0.6) is 0 Å². The van der Waals surface area contributed by atoms with Crippen LogP contribution in [0.4, 0.5) is 0 Å². The highest BCUT2D eigenvalue weighted by Gasteiger charge is 2.14. The molecule has 0 radical (unpaired) electrons. The Balaban J connectivity index is 3.42. The summed E-state index contributed by atoms with van der Waals surface area (Å²) in [7, 11) is -3.72. The number of carbonyl (C=O) groups is 1. The quantitative estimate of drug-likeness (QED) is 0.273. The lowest BCUT2D eigenvalue weighted by Gasteiger charge is -2.04. The topological polar surface area (TPSA) is 69.7 Å². The van der Waals surface area contributed by atoms with Gasteiger partial charge >= 0.3 is 16.1 Å². The molecule has 0 aliphatic rings. The van der Waals surface area contributed by atoms with E-state index in [4.69, 9.17) is 0 Å². The molecular weight excluding hydrogens is 292 g/mol. The molecule has 0 heterocycles. The van der Waals surface area contributed by atoms with Crippen LogP contribution < -0.4 is 0 Å². The van der Waals surface area contributed by atoms with Crippen molar-refractivity contribution in [3.05, 3.63) is 0 Å². The summed E-state index contributed by atoms with van der Waals surface area (Å²) < 4.78 is 26.5. The summed E-state index contributed by atoms with van der Waals surface area (Å²) in [6.07, 6.45) is 11.0. The van der Waals surface area contributed by atoms with Gasteiger partial charge in [-0.2, -0.15) is 8.42 Å². The molecule has 6 heteroatoms. The van der Waals surface area contributed by atoms with Crippen LogP contribution in [0.3, 0.4) is 0 Å². The molecule has 21 heavy (non-hydrogen) atoms. The Labute approximate surface area is 129 Å². The van der Waals surface area contributed by atoms with Crippen molar-refractivity contribution in [2.45, 2.75) is 84.5 Å². The van der Waals surface area contributed by atoms with Crippen molar-refractivity contribution in [1.82, 2.24) is 0 Å². The van der Waals surface area contributed by atoms with E-state index in [1.807, 2.05) is 0 Å². The van der Waals surface area contributed by atoms with E-state index in [0.29, 0.717) is 12.8 Å². The summed E-state index contributed by atoms with van der Waals surface area (Å²) in [5, 5.41) is 0. The summed E-state index contributed by atoms with van der Waals surface area (Å²) in [6.45, 7) is 3.92. The zero-order valence-electron chi connectivity index (χ0n) is 13.4. The summed E-state index contributed by atoms with van der Waals surface area (Å²) in [6, 6.07) is 0. The molecule has 0 unspecified atom stereocenters. The smallest absolute Gasteiger partial charge is 0.282 e. The fraction of sp³-hybridized carbons (Fsp3) is 0.933. The average molecular weight is 322 g/mol. The Morgan fingerprint density at radius 2 is 1.33 bits per heavy atom. The predicted octanol–water partition coefficient (Wildman–Crippen LogP) is 4.12. The summed E-state index contributed by atoms with van der Waals surface area (Å²) in [4.78, 5) is 15.6. The lowest BCUT2D eigenvalue weighted by atomic mass is 10.1. The van der Waals surface area contributed by atoms with E-state index in [1.54, 1.807) is 6.92 Å². The van der Waals surface area contributed by atoms with Crippen LogP contribution >= 0.6 is 0 Å². The molecule has 0 aliphatic carbocycles. The van der Waals surface area contributed by atoms with Gasteiger partial charge in [0, 0.05) is 6.42 Å². The Kier molecular flexibility index (Phi) is 12.7. The van der Waals surface area contributed by atoms with Gasteiger partial charge in [-0.15, -0.1) is 0 Å². The minimum Gasteiger partial charge on any atom is -0.282 e. The van der Waals surface area contributed by atoms with E-state index in [1.165, 1.54) is 38.5 Å². The number of carbonyl (C=O) groups excluding carboxylic acids is 1. The highest BCUT2D eigenvalue weighted by molar-refractivity contribution is 7.86. The van der Waals surface area contributed by atoms with Gasteiger partial charge in [-0.3, -0.25) is 4.89 Å². The van der Waals surface area contributed by atoms with Crippen LogP contribution in [0.2, 0.25) is 0 Å². The van der Waals surface area contributed by atoms with Gasteiger partial charge < -0.3 is 0 Å². The minimum atomic E-state index is -3.72. The first-order valence-corrected chi connectivity index (χ1v) is 9.71. The highest BCUT2D eigenvalue weighted by atomic mass is 32.2. The van der Waals surface area contributed by atoms with Crippen molar-refractivity contribution >= 4 is 16.1 Å². The normalized spacial score (nSPS) is 11.5. The summed E-state index contributed by atoms with van der Waals surface area (Å²) >= 11 is 0. The van der Waals surface area contributed by atoms with E-state index in [0.717, 1.165) is 12.8 Å². The largest absolute Gasteiger partial charge is 0.343 e. The Hall–Kier alpha value is -0.620. The number of hydrogen-bond donors (Lipinski definition) is 0. The summed E-state index contributed by atoms with van der Waals surface area (Å²) in [5.74, 6) is -0.754. The van der Waals surface area contributed by atoms with Crippen LogP contribution in [0.25, 0.3) is 0 Å². The van der Waals surface area contributed by atoms with Crippen molar-refractivity contribution in [3.63, 3.8) is 0 Å². The Morgan fingerprint density at radius 1 is 0.810 bits per heavy atom. The molecule has 0 amide bonds. The van der Waals surface area contributed by atoms with Crippen LogP contribution in [0, 0.1) is 0 Å². The van der Waals surface area contributed by atoms with Crippen molar-refractivity contribution in [1.29, 1.82) is 0 Å². The van der Waals surface area contributed by atoms with Gasteiger partial charge in [0.15, 0.2) is 0 Å². The molecule has 0 spiro atoms. The maximum absolute atomic E-state index is 11.3. The molecule has 0 atom stereocenters. The zero-order valence-corrected chi connectivity index (χ0v) is 14.3. The third-order valence-corrected chi connectivity index (χ3v) is 4.35. The second-order valence-corrected chi connectivity index (χ2v) is 7.02. The molecule has 0 aromatic carbocycles. The van der Waals surface area contributed by atoms with Crippen LogP contribution in [0.15, 0.2) is 0 Å². The second kappa shape index (κ2) is 13.1. The second-order valence-electron chi connectivity index (χ2n) is 5.36. The lowest BCUT2D eigenvalue weighted by molar-refractivity contribution is -0.211. The highest BCUT2D eigenvalue weighted by Crippen LogP contribution is 2.11. The molecule has 0 aliphatic heterocycles. The maximum atomic E-state index is 11.3. The van der Waals surface area contributed by atoms with E-state index in [-0.39, 0.29) is 12.2 Å². The predicted molar refractivity (Wildman–Crippen MR) is 83.1 cm³/mol. The Bertz CT molecular complexity index is 351. The van der Waals surface area contributed by atoms with Gasteiger partial charge in [0.25, 0.3) is 0 Å². The van der Waals surface area contributed by atoms with E-state index < -0.39 is 16.1 Å². The van der Waals surface area contributed by atoms with Gasteiger partial charge in [0.2, 0.25) is 0 Å². The standard InChI is InChI=1S/C15H30O5S/c1-3-5-6-7-8-9-10-11-12-13-15(16)19-20-21(17,18)14-4-2/h3-14H2,1-2H3. The maximum Gasteiger partial charge on any atom is 0.343 e. The lowest BCUT2D eigenvalue weighted by Crippen LogP contribution is -2.14. The third kappa shape index (κ3) is 14.1. The first-order chi connectivity index (χ1) is 10.0. The molecule has 0 aromatic heterocycles. The monoisotopic (exact) mass is 322 g/mol. The minimum absolute atomic E-state index is 0.141. The van der Waals surface area contributed by atoms with Crippen LogP contribution in [-0.4, -0.2) is 20.1 Å². The molecule has 126 valence electrons. The first kappa shape index (κ1) is 20.4. The van der Waals surface area contributed by atoms with Crippen molar-refractivity contribution in [2.24, 2.45) is 0 Å². The molecule has 5 nitrogen and oxygen atoms in total. The fourth-order valence-corrected chi connectivity index (χ4v) is 2.74. The first-order valence-electron chi connectivity index (χ1n) is 8.13. The molecule has 0 N–H and O–H groups in total. The third-order valence-electron chi connectivity index (χ3n) is 3.17. The Morgan fingerprint density at radius 3 is 1.86 bits per heavy atom. The fourth-order valence-electron chi connectivity index (χ4n) is 2.00. The number of hydrogen-bond acceptors (Lipinski definition) is 5. The number of rotatable bonds is 14. The van der Waals surface area contributed by atoms with Gasteiger partial charge in [0.05, 0.1) is 5.75 Å². The van der Waals surface area contributed by atoms with Crippen molar-refractivity contribution in [2.75, 3.05) is 5.75 Å². The van der Waals surface area contributed by atoms with Crippen LogP contribution in [-0.2, 0) is 24.1 Å². The SMILES string of the molecule is CCCCCCCCCCCC(=O)OOS(=O)(=O)CCC.